The molecule has 0 saturated heterocycles. The third-order valence-corrected chi connectivity index (χ3v) is 8.17. The Morgan fingerprint density at radius 2 is 0.827 bits per heavy atom. The summed E-state index contributed by atoms with van der Waals surface area (Å²) in [5.41, 5.74) is 17.5. The Balaban J connectivity index is 5.19. The molecule has 11 N–H and O–H groups in total. The van der Waals surface area contributed by atoms with E-state index >= 15 is 0 Å². The highest BCUT2D eigenvalue weighted by atomic mass is 16.3. The van der Waals surface area contributed by atoms with E-state index in [0.29, 0.717) is 84.0 Å². The topological polar surface area (TPSA) is 258 Å². The summed E-state index contributed by atoms with van der Waals surface area (Å²) in [6, 6.07) is -3.30. The van der Waals surface area contributed by atoms with E-state index in [1.807, 2.05) is 38.2 Å². The molecule has 0 rings (SSSR count). The van der Waals surface area contributed by atoms with Crippen molar-refractivity contribution >= 4 is 29.5 Å². The summed E-state index contributed by atoms with van der Waals surface area (Å²) in [4.78, 5) is 67.5. The van der Waals surface area contributed by atoms with Crippen molar-refractivity contribution in [3.63, 3.8) is 0 Å². The molecule has 0 spiro atoms. The fourth-order valence-corrected chi connectivity index (χ4v) is 5.16. The lowest BCUT2D eigenvalue weighted by Gasteiger charge is -2.29. The molecular formula is C36H68N8O8. The molecule has 0 aliphatic heterocycles. The zero-order valence-electron chi connectivity index (χ0n) is 31.6. The fraction of sp³-hybridized carbons (Fsp3) is 0.750. The molecule has 0 radical (unpaired) electrons. The van der Waals surface area contributed by atoms with Crippen LogP contribution in [0, 0.1) is 0 Å². The van der Waals surface area contributed by atoms with Gasteiger partial charge in [0, 0.05) is 65.2 Å². The van der Waals surface area contributed by atoms with Gasteiger partial charge in [-0.2, -0.15) is 0 Å². The van der Waals surface area contributed by atoms with E-state index in [-0.39, 0.29) is 38.0 Å². The Bertz CT molecular complexity index is 1080. The summed E-state index contributed by atoms with van der Waals surface area (Å²) in [6.45, 7) is 4.84. The van der Waals surface area contributed by atoms with Crippen molar-refractivity contribution in [2.45, 2.75) is 103 Å². The van der Waals surface area contributed by atoms with Crippen molar-refractivity contribution in [3.8, 4) is 0 Å². The third-order valence-electron chi connectivity index (χ3n) is 8.17. The summed E-state index contributed by atoms with van der Waals surface area (Å²) in [5, 5.41) is 34.2. The van der Waals surface area contributed by atoms with Gasteiger partial charge in [-0.3, -0.25) is 24.0 Å². The van der Waals surface area contributed by atoms with Gasteiger partial charge in [0.25, 0.3) is 0 Å². The number of aliphatic hydroxyl groups excluding tert-OH is 3. The first-order chi connectivity index (χ1) is 25.0. The number of hydrogen-bond acceptors (Lipinski definition) is 11. The zero-order valence-corrected chi connectivity index (χ0v) is 31.6. The largest absolute Gasteiger partial charge is 0.394 e. The van der Waals surface area contributed by atoms with Crippen molar-refractivity contribution in [2.24, 2.45) is 17.2 Å². The number of carbonyl (C=O) groups is 5. The standard InChI is InChI=1S/C36H68N8O8/c1-3-5-7-9-16-32(48)40-18-13-22-42(34(50)29(37)26-45)20-11-12-21-43(35(51)30(38)27-46)24-15-25-44(36(52)31(39)28-47)23-14-19-41-33(49)17-10-8-6-4-2/h5-8,29-31,45-47H,3-4,9-28,37-39H2,1-2H3,(H,40,48)(H,41,49)/t29-,30-,31-/m0/s1. The van der Waals surface area contributed by atoms with Crippen LogP contribution in [0.25, 0.3) is 0 Å². The van der Waals surface area contributed by atoms with Crippen molar-refractivity contribution in [2.75, 3.05) is 72.2 Å². The minimum Gasteiger partial charge on any atom is -0.394 e. The SMILES string of the molecule is CCC=CCCC(=O)NCCCN(CCCCN(CCCN(CCCNC(=O)CCC=CCC)C(=O)[C@@H](N)CO)C(=O)[C@@H](N)CO)C(=O)[C@@H](N)CO. The van der Waals surface area contributed by atoms with E-state index in [9.17, 15) is 39.3 Å². The van der Waals surface area contributed by atoms with Gasteiger partial charge in [0.05, 0.1) is 19.8 Å². The van der Waals surface area contributed by atoms with Crippen LogP contribution in [0.15, 0.2) is 24.3 Å². The lowest BCUT2D eigenvalue weighted by molar-refractivity contribution is -0.135. The Hall–Kier alpha value is -3.41. The summed E-state index contributed by atoms with van der Waals surface area (Å²) in [6.07, 6.45) is 14.1. The molecule has 0 heterocycles. The van der Waals surface area contributed by atoms with Crippen LogP contribution in [0.2, 0.25) is 0 Å². The minimum atomic E-state index is -1.12. The second-order valence-electron chi connectivity index (χ2n) is 12.6. The molecule has 0 aliphatic carbocycles. The molecule has 16 heteroatoms. The highest BCUT2D eigenvalue weighted by Crippen LogP contribution is 2.07. The number of allylic oxidation sites excluding steroid dienone is 4. The molecule has 0 fully saturated rings. The number of rotatable bonds is 31. The number of amides is 5. The number of aliphatic hydroxyl groups is 3. The number of nitrogens with zero attached hydrogens (tertiary/aromatic N) is 3. The summed E-state index contributed by atoms with van der Waals surface area (Å²) in [5.74, 6) is -1.48. The van der Waals surface area contributed by atoms with Crippen LogP contribution in [0.5, 0.6) is 0 Å². The first-order valence-electron chi connectivity index (χ1n) is 18.8. The average Bonchev–Trinajstić information content (AvgIpc) is 3.15. The minimum absolute atomic E-state index is 0.0738. The van der Waals surface area contributed by atoms with Crippen LogP contribution in [0.3, 0.4) is 0 Å². The molecule has 0 aromatic rings. The van der Waals surface area contributed by atoms with Gasteiger partial charge in [-0.25, -0.2) is 0 Å². The summed E-state index contributed by atoms with van der Waals surface area (Å²) < 4.78 is 0. The van der Waals surface area contributed by atoms with E-state index in [1.165, 1.54) is 9.80 Å². The molecule has 0 bridgehead atoms. The van der Waals surface area contributed by atoms with Gasteiger partial charge in [-0.15, -0.1) is 0 Å². The Kier molecular flexibility index (Phi) is 29.1. The smallest absolute Gasteiger partial charge is 0.241 e. The number of hydrogen-bond donors (Lipinski definition) is 8. The average molecular weight is 741 g/mol. The molecule has 5 amide bonds. The summed E-state index contributed by atoms with van der Waals surface area (Å²) >= 11 is 0. The molecule has 0 aromatic heterocycles. The van der Waals surface area contributed by atoms with Crippen molar-refractivity contribution < 1.29 is 39.3 Å². The predicted octanol–water partition coefficient (Wildman–Crippen LogP) is -0.893. The highest BCUT2D eigenvalue weighted by Gasteiger charge is 2.24. The maximum Gasteiger partial charge on any atom is 0.241 e. The summed E-state index contributed by atoms with van der Waals surface area (Å²) in [7, 11) is 0. The quantitative estimate of drug-likeness (QED) is 0.0319. The first kappa shape index (κ1) is 48.6. The molecule has 300 valence electrons. The number of nitrogens with one attached hydrogen (secondary N) is 2. The second-order valence-corrected chi connectivity index (χ2v) is 12.6. The normalized spacial score (nSPS) is 13.2. The van der Waals surface area contributed by atoms with Crippen molar-refractivity contribution in [1.29, 1.82) is 0 Å². The zero-order chi connectivity index (χ0) is 39.1. The van der Waals surface area contributed by atoms with Gasteiger partial charge in [-0.05, 0) is 57.8 Å². The van der Waals surface area contributed by atoms with E-state index in [4.69, 9.17) is 17.2 Å². The Morgan fingerprint density at radius 1 is 0.519 bits per heavy atom. The molecular weight excluding hydrogens is 672 g/mol. The van der Waals surface area contributed by atoms with Crippen LogP contribution in [0.4, 0.5) is 0 Å². The molecule has 0 unspecified atom stereocenters. The van der Waals surface area contributed by atoms with Gasteiger partial charge in [0.2, 0.25) is 29.5 Å². The van der Waals surface area contributed by atoms with Crippen LogP contribution in [-0.4, -0.2) is 150 Å². The van der Waals surface area contributed by atoms with Crippen molar-refractivity contribution in [1.82, 2.24) is 25.3 Å². The van der Waals surface area contributed by atoms with E-state index < -0.39 is 55.7 Å². The molecule has 3 atom stereocenters. The van der Waals surface area contributed by atoms with E-state index in [2.05, 4.69) is 10.6 Å². The molecule has 0 saturated carbocycles. The maximum atomic E-state index is 13.0. The molecule has 52 heavy (non-hydrogen) atoms. The Morgan fingerprint density at radius 3 is 1.13 bits per heavy atom. The van der Waals surface area contributed by atoms with Gasteiger partial charge >= 0.3 is 0 Å². The maximum absolute atomic E-state index is 13.0. The fourth-order valence-electron chi connectivity index (χ4n) is 5.16. The molecule has 0 aliphatic rings. The van der Waals surface area contributed by atoms with Crippen LogP contribution in [-0.2, 0) is 24.0 Å². The molecule has 16 nitrogen and oxygen atoms in total. The third kappa shape index (κ3) is 22.5. The number of carbonyl (C=O) groups excluding carboxylic acids is 5. The van der Waals surface area contributed by atoms with Crippen LogP contribution >= 0.6 is 0 Å². The van der Waals surface area contributed by atoms with E-state index in [0.717, 1.165) is 12.8 Å². The van der Waals surface area contributed by atoms with Gasteiger partial charge in [-0.1, -0.05) is 38.2 Å². The molecule has 0 aromatic carbocycles. The highest BCUT2D eigenvalue weighted by molar-refractivity contribution is 5.83. The monoisotopic (exact) mass is 741 g/mol. The predicted molar refractivity (Wildman–Crippen MR) is 201 cm³/mol. The second kappa shape index (κ2) is 31.1. The lowest BCUT2D eigenvalue weighted by atomic mass is 10.2. The number of unbranched alkanes of at least 4 members (excludes halogenated alkanes) is 1. The van der Waals surface area contributed by atoms with E-state index in [1.54, 1.807) is 4.90 Å². The van der Waals surface area contributed by atoms with Crippen LogP contribution < -0.4 is 27.8 Å². The first-order valence-corrected chi connectivity index (χ1v) is 18.8. The van der Waals surface area contributed by atoms with Crippen LogP contribution in [0.1, 0.15) is 84.5 Å². The van der Waals surface area contributed by atoms with Gasteiger partial charge in [0.15, 0.2) is 0 Å². The lowest BCUT2D eigenvalue weighted by Crippen LogP contribution is -2.49. The number of nitrogens with two attached hydrogens (primary N) is 3. The van der Waals surface area contributed by atoms with Gasteiger partial charge < -0.3 is 57.9 Å². The van der Waals surface area contributed by atoms with Gasteiger partial charge in [0.1, 0.15) is 18.1 Å². The van der Waals surface area contributed by atoms with Crippen molar-refractivity contribution in [3.05, 3.63) is 24.3 Å². The Labute approximate surface area is 310 Å².